The third-order valence-electron chi connectivity index (χ3n) is 3.68. The van der Waals surface area contributed by atoms with E-state index in [4.69, 9.17) is 22.1 Å². The summed E-state index contributed by atoms with van der Waals surface area (Å²) in [5, 5.41) is 3.44. The lowest BCUT2D eigenvalue weighted by atomic mass is 10.2. The van der Waals surface area contributed by atoms with Crippen molar-refractivity contribution in [3.8, 4) is 0 Å². The quantitative estimate of drug-likeness (QED) is 0.446. The van der Waals surface area contributed by atoms with Gasteiger partial charge in [-0.3, -0.25) is 4.79 Å². The van der Waals surface area contributed by atoms with Crippen LogP contribution in [0.5, 0.6) is 0 Å². The summed E-state index contributed by atoms with van der Waals surface area (Å²) in [6.45, 7) is -0.386. The van der Waals surface area contributed by atoms with E-state index in [9.17, 15) is 9.59 Å². The molecule has 0 saturated heterocycles. The first-order valence-corrected chi connectivity index (χ1v) is 9.56. The summed E-state index contributed by atoms with van der Waals surface area (Å²) < 4.78 is 5.06. The standard InChI is InChI=1S/C21H17ClN2O3S/c22-15-7-11-17(12-8-15)28-19-4-2-1-3-18(19)24-20(25)13-27-21(26)14-5-9-16(23)10-6-14/h1-12H,13,23H2,(H,24,25). The Labute approximate surface area is 171 Å². The first-order chi connectivity index (χ1) is 13.5. The molecule has 0 spiro atoms. The summed E-state index contributed by atoms with van der Waals surface area (Å²) in [5.74, 6) is -1.01. The number of benzene rings is 3. The minimum absolute atomic E-state index is 0.334. The van der Waals surface area contributed by atoms with Gasteiger partial charge in [-0.2, -0.15) is 0 Å². The Hall–Kier alpha value is -2.96. The number of amides is 1. The minimum Gasteiger partial charge on any atom is -0.452 e. The number of esters is 1. The molecule has 0 bridgehead atoms. The zero-order valence-corrected chi connectivity index (χ0v) is 16.3. The highest BCUT2D eigenvalue weighted by molar-refractivity contribution is 7.99. The second-order valence-electron chi connectivity index (χ2n) is 5.80. The molecule has 0 radical (unpaired) electrons. The number of carbonyl (C=O) groups is 2. The number of anilines is 2. The van der Waals surface area contributed by atoms with Crippen molar-refractivity contribution in [1.82, 2.24) is 0 Å². The monoisotopic (exact) mass is 412 g/mol. The Morgan fingerprint density at radius 3 is 2.36 bits per heavy atom. The topological polar surface area (TPSA) is 81.4 Å². The molecule has 28 heavy (non-hydrogen) atoms. The largest absolute Gasteiger partial charge is 0.452 e. The maximum atomic E-state index is 12.2. The van der Waals surface area contributed by atoms with Crippen LogP contribution in [-0.2, 0) is 9.53 Å². The first-order valence-electron chi connectivity index (χ1n) is 8.36. The van der Waals surface area contributed by atoms with Crippen LogP contribution < -0.4 is 11.1 Å². The molecule has 1 amide bonds. The van der Waals surface area contributed by atoms with Gasteiger partial charge in [0.05, 0.1) is 11.3 Å². The van der Waals surface area contributed by atoms with Crippen LogP contribution in [0.4, 0.5) is 11.4 Å². The fraction of sp³-hybridized carbons (Fsp3) is 0.0476. The van der Waals surface area contributed by atoms with Gasteiger partial charge in [0.15, 0.2) is 6.61 Å². The van der Waals surface area contributed by atoms with Crippen molar-refractivity contribution in [3.63, 3.8) is 0 Å². The first kappa shape index (κ1) is 19.8. The molecule has 0 atom stereocenters. The van der Waals surface area contributed by atoms with Gasteiger partial charge in [0, 0.05) is 20.5 Å². The Balaban J connectivity index is 1.60. The molecule has 142 valence electrons. The maximum Gasteiger partial charge on any atom is 0.338 e. The van der Waals surface area contributed by atoms with E-state index in [1.165, 1.54) is 11.8 Å². The van der Waals surface area contributed by atoms with Crippen LogP contribution in [0.2, 0.25) is 5.02 Å². The van der Waals surface area contributed by atoms with E-state index in [1.807, 2.05) is 42.5 Å². The third kappa shape index (κ3) is 5.52. The van der Waals surface area contributed by atoms with Gasteiger partial charge in [0.2, 0.25) is 0 Å². The van der Waals surface area contributed by atoms with E-state index in [1.54, 1.807) is 30.3 Å². The molecule has 7 heteroatoms. The van der Waals surface area contributed by atoms with Gasteiger partial charge >= 0.3 is 5.97 Å². The molecule has 0 saturated carbocycles. The van der Waals surface area contributed by atoms with Crippen molar-refractivity contribution >= 4 is 46.6 Å². The van der Waals surface area contributed by atoms with Crippen LogP contribution in [0.25, 0.3) is 0 Å². The second kappa shape index (κ2) is 9.30. The molecular formula is C21H17ClN2O3S. The number of nitrogens with one attached hydrogen (secondary N) is 1. The van der Waals surface area contributed by atoms with E-state index in [0.717, 1.165) is 9.79 Å². The molecule has 0 heterocycles. The zero-order valence-electron chi connectivity index (χ0n) is 14.7. The number of ether oxygens (including phenoxy) is 1. The fourth-order valence-corrected chi connectivity index (χ4v) is 3.34. The van der Waals surface area contributed by atoms with Crippen LogP contribution in [0.3, 0.4) is 0 Å². The molecule has 5 nitrogen and oxygen atoms in total. The van der Waals surface area contributed by atoms with Crippen LogP contribution in [0.1, 0.15) is 10.4 Å². The second-order valence-corrected chi connectivity index (χ2v) is 7.35. The highest BCUT2D eigenvalue weighted by Crippen LogP contribution is 2.33. The summed E-state index contributed by atoms with van der Waals surface area (Å²) in [5.41, 5.74) is 7.10. The predicted molar refractivity (Wildman–Crippen MR) is 112 cm³/mol. The number of rotatable bonds is 6. The molecule has 3 aromatic rings. The Morgan fingerprint density at radius 2 is 1.64 bits per heavy atom. The molecule has 0 aliphatic heterocycles. The van der Waals surface area contributed by atoms with Crippen molar-refractivity contribution in [1.29, 1.82) is 0 Å². The number of hydrogen-bond donors (Lipinski definition) is 2. The van der Waals surface area contributed by atoms with Gasteiger partial charge in [-0.05, 0) is 60.7 Å². The molecular weight excluding hydrogens is 396 g/mol. The summed E-state index contributed by atoms with van der Waals surface area (Å²) in [6, 6.07) is 21.1. The van der Waals surface area contributed by atoms with Gasteiger partial charge in [-0.25, -0.2) is 4.79 Å². The minimum atomic E-state index is -0.584. The number of hydrogen-bond acceptors (Lipinski definition) is 5. The van der Waals surface area contributed by atoms with Crippen molar-refractivity contribution < 1.29 is 14.3 Å². The lowest BCUT2D eigenvalue weighted by molar-refractivity contribution is -0.119. The lowest BCUT2D eigenvalue weighted by Gasteiger charge is -2.11. The predicted octanol–water partition coefficient (Wildman–Crippen LogP) is 4.87. The van der Waals surface area contributed by atoms with Crippen LogP contribution in [-0.4, -0.2) is 18.5 Å². The molecule has 0 aromatic heterocycles. The highest BCUT2D eigenvalue weighted by Gasteiger charge is 2.12. The molecule has 0 unspecified atom stereocenters. The number of para-hydroxylation sites is 1. The number of halogens is 1. The summed E-state index contributed by atoms with van der Waals surface area (Å²) >= 11 is 7.41. The molecule has 0 aliphatic carbocycles. The van der Waals surface area contributed by atoms with E-state index in [0.29, 0.717) is 22.0 Å². The molecule has 0 aliphatic rings. The Morgan fingerprint density at radius 1 is 0.964 bits per heavy atom. The summed E-state index contributed by atoms with van der Waals surface area (Å²) in [4.78, 5) is 26.1. The van der Waals surface area contributed by atoms with Gasteiger partial charge in [-0.15, -0.1) is 0 Å². The van der Waals surface area contributed by atoms with E-state index >= 15 is 0 Å². The molecule has 3 aromatic carbocycles. The maximum absolute atomic E-state index is 12.2. The number of carbonyl (C=O) groups excluding carboxylic acids is 2. The summed E-state index contributed by atoms with van der Waals surface area (Å²) in [7, 11) is 0. The van der Waals surface area contributed by atoms with Crippen LogP contribution in [0, 0.1) is 0 Å². The Bertz CT molecular complexity index is 976. The van der Waals surface area contributed by atoms with E-state index in [2.05, 4.69) is 5.32 Å². The summed E-state index contributed by atoms with van der Waals surface area (Å²) in [6.07, 6.45) is 0. The Kier molecular flexibility index (Phi) is 6.57. The smallest absolute Gasteiger partial charge is 0.338 e. The number of nitrogens with two attached hydrogens (primary N) is 1. The molecule has 0 fully saturated rings. The fourth-order valence-electron chi connectivity index (χ4n) is 2.31. The van der Waals surface area contributed by atoms with Crippen molar-refractivity contribution in [2.45, 2.75) is 9.79 Å². The van der Waals surface area contributed by atoms with Crippen molar-refractivity contribution in [2.24, 2.45) is 0 Å². The normalized spacial score (nSPS) is 10.3. The zero-order chi connectivity index (χ0) is 19.9. The SMILES string of the molecule is Nc1ccc(C(=O)OCC(=O)Nc2ccccc2Sc2ccc(Cl)cc2)cc1. The van der Waals surface area contributed by atoms with E-state index < -0.39 is 11.9 Å². The van der Waals surface area contributed by atoms with Gasteiger partial charge < -0.3 is 15.8 Å². The average Bonchev–Trinajstić information content (AvgIpc) is 2.70. The third-order valence-corrected chi connectivity index (χ3v) is 5.02. The number of nitrogen functional groups attached to an aromatic ring is 1. The van der Waals surface area contributed by atoms with Crippen molar-refractivity contribution in [2.75, 3.05) is 17.7 Å². The van der Waals surface area contributed by atoms with E-state index in [-0.39, 0.29) is 6.61 Å². The highest BCUT2D eigenvalue weighted by atomic mass is 35.5. The molecule has 3 rings (SSSR count). The van der Waals surface area contributed by atoms with Crippen LogP contribution >= 0.6 is 23.4 Å². The lowest BCUT2D eigenvalue weighted by Crippen LogP contribution is -2.21. The van der Waals surface area contributed by atoms with Crippen molar-refractivity contribution in [3.05, 3.63) is 83.4 Å². The average molecular weight is 413 g/mol. The van der Waals surface area contributed by atoms with Gasteiger partial charge in [-0.1, -0.05) is 35.5 Å². The molecule has 3 N–H and O–H groups in total. The van der Waals surface area contributed by atoms with Gasteiger partial charge in [0.25, 0.3) is 5.91 Å². The van der Waals surface area contributed by atoms with Crippen LogP contribution in [0.15, 0.2) is 82.6 Å². The van der Waals surface area contributed by atoms with Gasteiger partial charge in [0.1, 0.15) is 0 Å².